The van der Waals surface area contributed by atoms with Gasteiger partial charge in [0, 0.05) is 31.0 Å². The summed E-state index contributed by atoms with van der Waals surface area (Å²) >= 11 is 0. The van der Waals surface area contributed by atoms with E-state index in [-0.39, 0.29) is 4.90 Å². The number of rotatable bonds is 5. The summed E-state index contributed by atoms with van der Waals surface area (Å²) in [7, 11) is -1.79. The maximum absolute atomic E-state index is 11.3. The summed E-state index contributed by atoms with van der Waals surface area (Å²) in [6.45, 7) is 2.64. The number of nitrogens with zero attached hydrogens (tertiary/aromatic N) is 2. The lowest BCUT2D eigenvalue weighted by atomic mass is 10.2. The summed E-state index contributed by atoms with van der Waals surface area (Å²) in [6, 6.07) is 6.46. The molecule has 0 aliphatic carbocycles. The van der Waals surface area contributed by atoms with Crippen LogP contribution in [-0.2, 0) is 30.0 Å². The van der Waals surface area contributed by atoms with Gasteiger partial charge in [0.1, 0.15) is 0 Å². The van der Waals surface area contributed by atoms with Crippen molar-refractivity contribution < 1.29 is 8.42 Å². The largest absolute Gasteiger partial charge is 0.381 e. The minimum Gasteiger partial charge on any atom is -0.381 e. The molecule has 0 saturated carbocycles. The van der Waals surface area contributed by atoms with E-state index in [4.69, 9.17) is 5.14 Å². The van der Waals surface area contributed by atoms with Crippen molar-refractivity contribution in [1.82, 2.24) is 9.78 Å². The average Bonchev–Trinajstić information content (AvgIpc) is 2.76. The summed E-state index contributed by atoms with van der Waals surface area (Å²) in [5.74, 6) is 0. The van der Waals surface area contributed by atoms with Crippen LogP contribution in [0.3, 0.4) is 0 Å². The third-order valence-corrected chi connectivity index (χ3v) is 3.88. The molecular weight excluding hydrogens is 276 g/mol. The van der Waals surface area contributed by atoms with E-state index < -0.39 is 10.0 Å². The molecule has 2 aromatic rings. The van der Waals surface area contributed by atoms with Gasteiger partial charge < -0.3 is 5.32 Å². The van der Waals surface area contributed by atoms with Gasteiger partial charge >= 0.3 is 0 Å². The van der Waals surface area contributed by atoms with Gasteiger partial charge in [-0.05, 0) is 24.6 Å². The first-order valence-corrected chi connectivity index (χ1v) is 7.83. The molecule has 0 saturated heterocycles. The van der Waals surface area contributed by atoms with Gasteiger partial charge in [-0.2, -0.15) is 5.10 Å². The molecule has 0 unspecified atom stereocenters. The van der Waals surface area contributed by atoms with Crippen LogP contribution in [0.15, 0.2) is 35.4 Å². The quantitative estimate of drug-likeness (QED) is 0.868. The predicted molar refractivity (Wildman–Crippen MR) is 77.7 cm³/mol. The van der Waals surface area contributed by atoms with Gasteiger partial charge in [-0.3, -0.25) is 4.68 Å². The summed E-state index contributed by atoms with van der Waals surface area (Å²) in [6.07, 6.45) is 2.81. The highest BCUT2D eigenvalue weighted by Crippen LogP contribution is 2.16. The van der Waals surface area contributed by atoms with Gasteiger partial charge in [-0.15, -0.1) is 0 Å². The molecule has 6 nitrogen and oxygen atoms in total. The molecular formula is C13H18N4O2S. The number of sulfonamides is 1. The molecule has 0 radical (unpaired) electrons. The molecule has 1 aromatic carbocycles. The smallest absolute Gasteiger partial charge is 0.238 e. The van der Waals surface area contributed by atoms with Crippen LogP contribution in [0.1, 0.15) is 18.2 Å². The second-order valence-electron chi connectivity index (χ2n) is 4.55. The molecule has 20 heavy (non-hydrogen) atoms. The number of benzene rings is 1. The van der Waals surface area contributed by atoms with Crippen molar-refractivity contribution in [3.8, 4) is 0 Å². The third-order valence-electron chi connectivity index (χ3n) is 2.97. The predicted octanol–water partition coefficient (Wildman–Crippen LogP) is 1.24. The first-order valence-electron chi connectivity index (χ1n) is 6.28. The van der Waals surface area contributed by atoms with Gasteiger partial charge in [0.15, 0.2) is 0 Å². The summed E-state index contributed by atoms with van der Waals surface area (Å²) in [5.41, 5.74) is 2.83. The van der Waals surface area contributed by atoms with Crippen LogP contribution >= 0.6 is 0 Å². The van der Waals surface area contributed by atoms with Crippen LogP contribution in [0.2, 0.25) is 0 Å². The van der Waals surface area contributed by atoms with E-state index in [0.717, 1.165) is 17.7 Å². The normalized spacial score (nSPS) is 11.6. The fourth-order valence-electron chi connectivity index (χ4n) is 2.01. The topological polar surface area (TPSA) is 90.0 Å². The molecule has 0 fully saturated rings. The number of hydrogen-bond acceptors (Lipinski definition) is 4. The van der Waals surface area contributed by atoms with Crippen LogP contribution in [0, 0.1) is 0 Å². The van der Waals surface area contributed by atoms with Crippen molar-refractivity contribution in [2.45, 2.75) is 24.8 Å². The van der Waals surface area contributed by atoms with Crippen molar-refractivity contribution in [3.63, 3.8) is 0 Å². The molecule has 7 heteroatoms. The van der Waals surface area contributed by atoms with E-state index in [1.807, 2.05) is 20.2 Å². The third kappa shape index (κ3) is 3.37. The molecule has 0 spiro atoms. The minimum atomic E-state index is -3.67. The molecule has 0 bridgehead atoms. The van der Waals surface area contributed by atoms with Gasteiger partial charge in [-0.1, -0.05) is 13.0 Å². The van der Waals surface area contributed by atoms with Crippen molar-refractivity contribution in [1.29, 1.82) is 0 Å². The van der Waals surface area contributed by atoms with E-state index in [9.17, 15) is 8.42 Å². The Hall–Kier alpha value is -1.86. The second kappa shape index (κ2) is 5.64. The van der Waals surface area contributed by atoms with Gasteiger partial charge in [0.25, 0.3) is 0 Å². The highest BCUT2D eigenvalue weighted by Gasteiger charge is 2.09. The molecule has 1 heterocycles. The Labute approximate surface area is 118 Å². The highest BCUT2D eigenvalue weighted by molar-refractivity contribution is 7.89. The average molecular weight is 294 g/mol. The van der Waals surface area contributed by atoms with Crippen molar-refractivity contribution in [2.24, 2.45) is 12.2 Å². The van der Waals surface area contributed by atoms with Crippen LogP contribution in [-0.4, -0.2) is 18.2 Å². The Morgan fingerprint density at radius 2 is 2.15 bits per heavy atom. The lowest BCUT2D eigenvalue weighted by Crippen LogP contribution is -2.12. The maximum atomic E-state index is 11.3. The van der Waals surface area contributed by atoms with E-state index in [1.54, 1.807) is 16.8 Å². The molecule has 0 aliphatic rings. The molecule has 3 N–H and O–H groups in total. The van der Waals surface area contributed by atoms with Crippen LogP contribution in [0.25, 0.3) is 0 Å². The zero-order valence-corrected chi connectivity index (χ0v) is 12.3. The molecule has 0 atom stereocenters. The van der Waals surface area contributed by atoms with E-state index in [1.165, 1.54) is 12.1 Å². The summed E-state index contributed by atoms with van der Waals surface area (Å²) in [4.78, 5) is 0.101. The molecule has 108 valence electrons. The maximum Gasteiger partial charge on any atom is 0.238 e. The Morgan fingerprint density at radius 1 is 1.40 bits per heavy atom. The highest BCUT2D eigenvalue weighted by atomic mass is 32.2. The number of nitrogens with one attached hydrogen (secondary N) is 1. The number of aromatic nitrogens is 2. The molecule has 0 amide bonds. The Morgan fingerprint density at radius 3 is 2.80 bits per heavy atom. The monoisotopic (exact) mass is 294 g/mol. The standard InChI is InChI=1S/C13H18N4O2S/c1-3-13-10(9-17(2)16-13)8-15-11-5-4-6-12(7-11)20(14,18)19/h4-7,9,15H,3,8H2,1-2H3,(H2,14,18,19). The van der Waals surface area contributed by atoms with Crippen molar-refractivity contribution in [3.05, 3.63) is 41.7 Å². The van der Waals surface area contributed by atoms with E-state index >= 15 is 0 Å². The molecule has 2 rings (SSSR count). The van der Waals surface area contributed by atoms with Crippen LogP contribution in [0.5, 0.6) is 0 Å². The van der Waals surface area contributed by atoms with Crippen LogP contribution < -0.4 is 10.5 Å². The molecule has 1 aromatic heterocycles. The van der Waals surface area contributed by atoms with Crippen molar-refractivity contribution in [2.75, 3.05) is 5.32 Å². The fourth-order valence-corrected chi connectivity index (χ4v) is 2.57. The van der Waals surface area contributed by atoms with Crippen LogP contribution in [0.4, 0.5) is 5.69 Å². The van der Waals surface area contributed by atoms with Crippen molar-refractivity contribution >= 4 is 15.7 Å². The zero-order valence-electron chi connectivity index (χ0n) is 11.5. The minimum absolute atomic E-state index is 0.101. The number of nitrogens with two attached hydrogens (primary N) is 1. The second-order valence-corrected chi connectivity index (χ2v) is 6.12. The number of aryl methyl sites for hydroxylation is 2. The first kappa shape index (κ1) is 14.5. The SMILES string of the molecule is CCc1nn(C)cc1CNc1cccc(S(N)(=O)=O)c1. The summed E-state index contributed by atoms with van der Waals surface area (Å²) in [5, 5.41) is 12.7. The zero-order chi connectivity index (χ0) is 14.8. The van der Waals surface area contributed by atoms with Gasteiger partial charge in [-0.25, -0.2) is 13.6 Å². The van der Waals surface area contributed by atoms with E-state index in [0.29, 0.717) is 12.2 Å². The Balaban J connectivity index is 2.15. The fraction of sp³-hybridized carbons (Fsp3) is 0.308. The van der Waals surface area contributed by atoms with Gasteiger partial charge in [0.05, 0.1) is 10.6 Å². The number of hydrogen-bond donors (Lipinski definition) is 2. The Bertz CT molecular complexity index is 707. The number of anilines is 1. The van der Waals surface area contributed by atoms with Gasteiger partial charge in [0.2, 0.25) is 10.0 Å². The number of primary sulfonamides is 1. The lowest BCUT2D eigenvalue weighted by molar-refractivity contribution is 0.598. The Kier molecular flexibility index (Phi) is 4.10. The molecule has 0 aliphatic heterocycles. The van der Waals surface area contributed by atoms with E-state index in [2.05, 4.69) is 10.4 Å². The first-order chi connectivity index (χ1) is 9.40. The lowest BCUT2D eigenvalue weighted by Gasteiger charge is -2.07. The summed E-state index contributed by atoms with van der Waals surface area (Å²) < 4.78 is 24.4.